The normalized spacial score (nSPS) is 45.8. The molecule has 0 amide bonds. The fraction of sp³-hybridized carbons (Fsp3) is 0.706. The van der Waals surface area contributed by atoms with Gasteiger partial charge in [0.2, 0.25) is 0 Å². The lowest BCUT2D eigenvalue weighted by Gasteiger charge is -2.67. The Labute approximate surface area is 106 Å². The van der Waals surface area contributed by atoms with E-state index in [1.165, 1.54) is 32.1 Å². The summed E-state index contributed by atoms with van der Waals surface area (Å²) in [4.78, 5) is 0. The lowest BCUT2D eigenvalue weighted by molar-refractivity contribution is -0.151. The fourth-order valence-corrected chi connectivity index (χ4v) is 5.74. The van der Waals surface area contributed by atoms with Gasteiger partial charge in [-0.2, -0.15) is 0 Å². The van der Waals surface area contributed by atoms with Gasteiger partial charge in [0.1, 0.15) is 0 Å². The molecule has 1 radical (unpaired) electrons. The van der Waals surface area contributed by atoms with Crippen molar-refractivity contribution >= 4 is 0 Å². The van der Waals surface area contributed by atoms with E-state index in [4.69, 9.17) is 6.92 Å². The molecule has 0 nitrogen and oxygen atoms in total. The van der Waals surface area contributed by atoms with E-state index in [1.807, 2.05) is 0 Å². The molecule has 0 saturated heterocycles. The average Bonchev–Trinajstić information content (AvgIpc) is 2.24. The Kier molecular flexibility index (Phi) is 2.54. The fourth-order valence-electron chi connectivity index (χ4n) is 5.74. The Bertz CT molecular complexity index is 314. The summed E-state index contributed by atoms with van der Waals surface area (Å²) >= 11 is 0. The van der Waals surface area contributed by atoms with Crippen molar-refractivity contribution in [1.29, 1.82) is 0 Å². The van der Waals surface area contributed by atoms with Crippen LogP contribution in [0.1, 0.15) is 44.9 Å². The van der Waals surface area contributed by atoms with Crippen LogP contribution in [-0.2, 0) is 0 Å². The first-order valence-electron chi connectivity index (χ1n) is 7.21. The minimum Gasteiger partial charge on any atom is -0.103 e. The predicted molar refractivity (Wildman–Crippen MR) is 73.4 cm³/mol. The van der Waals surface area contributed by atoms with Gasteiger partial charge in [-0.15, -0.1) is 13.2 Å². The van der Waals surface area contributed by atoms with Crippen LogP contribution >= 0.6 is 0 Å². The molecule has 4 saturated carbocycles. The lowest BCUT2D eigenvalue weighted by Crippen LogP contribution is -2.58. The van der Waals surface area contributed by atoms with E-state index >= 15 is 0 Å². The molecule has 4 bridgehead atoms. The number of hydrogen-bond donors (Lipinski definition) is 0. The summed E-state index contributed by atoms with van der Waals surface area (Å²) in [5.41, 5.74) is 0.716. The molecular formula is C17H25. The van der Waals surface area contributed by atoms with Gasteiger partial charge in [0, 0.05) is 0 Å². The second-order valence-electron chi connectivity index (χ2n) is 6.97. The van der Waals surface area contributed by atoms with Crippen molar-refractivity contribution < 1.29 is 0 Å². The van der Waals surface area contributed by atoms with E-state index in [0.717, 1.165) is 30.6 Å². The predicted octanol–water partition coefficient (Wildman–Crippen LogP) is 4.79. The summed E-state index contributed by atoms with van der Waals surface area (Å²) in [5.74, 6) is 2.85. The molecular weight excluding hydrogens is 204 g/mol. The van der Waals surface area contributed by atoms with Crippen LogP contribution < -0.4 is 0 Å². The maximum Gasteiger partial charge on any atom is -0.0144 e. The van der Waals surface area contributed by atoms with Crippen molar-refractivity contribution in [1.82, 2.24) is 0 Å². The zero-order valence-corrected chi connectivity index (χ0v) is 11.0. The van der Waals surface area contributed by atoms with E-state index in [0.29, 0.717) is 10.8 Å². The summed E-state index contributed by atoms with van der Waals surface area (Å²) in [5, 5.41) is 0. The first-order chi connectivity index (χ1) is 8.13. The van der Waals surface area contributed by atoms with E-state index in [9.17, 15) is 0 Å². The second-order valence-corrected chi connectivity index (χ2v) is 6.97. The Hall–Kier alpha value is -0.520. The summed E-state index contributed by atoms with van der Waals surface area (Å²) in [6.45, 7) is 12.7. The summed E-state index contributed by atoms with van der Waals surface area (Å²) in [7, 11) is 0. The van der Waals surface area contributed by atoms with Crippen molar-refractivity contribution in [3.8, 4) is 0 Å². The van der Waals surface area contributed by atoms with Gasteiger partial charge in [-0.05, 0) is 80.5 Å². The molecule has 0 spiro atoms. The van der Waals surface area contributed by atoms with Crippen LogP contribution in [-0.4, -0.2) is 0 Å². The van der Waals surface area contributed by atoms with Crippen LogP contribution in [0, 0.1) is 35.5 Å². The first kappa shape index (κ1) is 11.6. The molecule has 0 N–H and O–H groups in total. The van der Waals surface area contributed by atoms with Crippen LogP contribution in [0.5, 0.6) is 0 Å². The van der Waals surface area contributed by atoms with Gasteiger partial charge in [-0.1, -0.05) is 12.2 Å². The molecule has 2 unspecified atom stereocenters. The molecule has 4 rings (SSSR count). The van der Waals surface area contributed by atoms with Gasteiger partial charge in [0.25, 0.3) is 0 Å². The third-order valence-electron chi connectivity index (χ3n) is 6.12. The van der Waals surface area contributed by atoms with Crippen LogP contribution in [0.15, 0.2) is 25.3 Å². The third kappa shape index (κ3) is 1.42. The molecule has 93 valence electrons. The summed E-state index contributed by atoms with van der Waals surface area (Å²) < 4.78 is 0. The number of allylic oxidation sites excluding steroid dienone is 2. The van der Waals surface area contributed by atoms with E-state index in [1.54, 1.807) is 0 Å². The third-order valence-corrected chi connectivity index (χ3v) is 6.12. The Morgan fingerprint density at radius 2 is 1.47 bits per heavy atom. The number of rotatable bonds is 4. The van der Waals surface area contributed by atoms with Crippen molar-refractivity contribution in [3.05, 3.63) is 32.2 Å². The minimum absolute atomic E-state index is 0.324. The Balaban J connectivity index is 2.01. The molecule has 0 aromatic rings. The maximum atomic E-state index is 4.73. The molecule has 4 fully saturated rings. The van der Waals surface area contributed by atoms with Gasteiger partial charge in [-0.3, -0.25) is 0 Å². The van der Waals surface area contributed by atoms with E-state index in [2.05, 4.69) is 25.3 Å². The zero-order valence-electron chi connectivity index (χ0n) is 11.0. The van der Waals surface area contributed by atoms with Crippen LogP contribution in [0.25, 0.3) is 0 Å². The molecule has 17 heavy (non-hydrogen) atoms. The smallest absolute Gasteiger partial charge is 0.0144 e. The van der Waals surface area contributed by atoms with Crippen LogP contribution in [0.3, 0.4) is 0 Å². The highest BCUT2D eigenvalue weighted by Crippen LogP contribution is 2.70. The molecule has 4 aliphatic rings. The quantitative estimate of drug-likeness (QED) is 0.608. The van der Waals surface area contributed by atoms with E-state index < -0.39 is 0 Å². The highest BCUT2D eigenvalue weighted by molar-refractivity contribution is 5.17. The zero-order chi connectivity index (χ0) is 12.1. The average molecular weight is 229 g/mol. The monoisotopic (exact) mass is 229 g/mol. The van der Waals surface area contributed by atoms with Gasteiger partial charge < -0.3 is 0 Å². The molecule has 0 aliphatic heterocycles. The van der Waals surface area contributed by atoms with Gasteiger partial charge in [0.15, 0.2) is 0 Å². The Morgan fingerprint density at radius 3 is 1.88 bits per heavy atom. The molecule has 0 aromatic heterocycles. The van der Waals surface area contributed by atoms with Gasteiger partial charge in [0.05, 0.1) is 0 Å². The maximum absolute atomic E-state index is 4.73. The summed E-state index contributed by atoms with van der Waals surface area (Å²) in [6, 6.07) is 0. The standard InChI is InChI=1S/C17H25/c1-4-6-17(7-5-2)15-9-13-8-14(10-15)12-16(17,3)11-13/h4-5,13-15H,1-3,6-12H2. The highest BCUT2D eigenvalue weighted by atomic mass is 14.7. The molecule has 0 aromatic carbocycles. The van der Waals surface area contributed by atoms with Gasteiger partial charge in [-0.25, -0.2) is 0 Å². The topological polar surface area (TPSA) is 0 Å². The minimum atomic E-state index is 0.324. The lowest BCUT2D eigenvalue weighted by atomic mass is 9.38. The highest BCUT2D eigenvalue weighted by Gasteiger charge is 2.61. The van der Waals surface area contributed by atoms with Crippen LogP contribution in [0.2, 0.25) is 0 Å². The van der Waals surface area contributed by atoms with Crippen molar-refractivity contribution in [2.75, 3.05) is 0 Å². The first-order valence-corrected chi connectivity index (χ1v) is 7.21. The SMILES string of the molecule is [CH2]C12CC3CC(CC(C3)C1(CC=C)CC=C)C2. The van der Waals surface area contributed by atoms with Crippen molar-refractivity contribution in [2.24, 2.45) is 28.6 Å². The van der Waals surface area contributed by atoms with Crippen molar-refractivity contribution in [3.63, 3.8) is 0 Å². The second kappa shape index (κ2) is 3.73. The molecule has 0 heterocycles. The van der Waals surface area contributed by atoms with Gasteiger partial charge >= 0.3 is 0 Å². The van der Waals surface area contributed by atoms with Crippen molar-refractivity contribution in [2.45, 2.75) is 44.9 Å². The van der Waals surface area contributed by atoms with Crippen LogP contribution in [0.4, 0.5) is 0 Å². The summed E-state index contributed by atoms with van der Waals surface area (Å²) in [6.07, 6.45) is 13.7. The molecule has 4 aliphatic carbocycles. The molecule has 0 heteroatoms. The van der Waals surface area contributed by atoms with E-state index in [-0.39, 0.29) is 0 Å². The Morgan fingerprint density at radius 1 is 0.941 bits per heavy atom. The largest absolute Gasteiger partial charge is 0.103 e. The number of hydrogen-bond acceptors (Lipinski definition) is 0. The molecule has 2 atom stereocenters.